The number of pyridine rings is 2. The summed E-state index contributed by atoms with van der Waals surface area (Å²) in [5.74, 6) is 0.748. The summed E-state index contributed by atoms with van der Waals surface area (Å²) in [6.07, 6.45) is 6.96. The number of rotatable bonds is 4. The van der Waals surface area contributed by atoms with Crippen LogP contribution in [0.15, 0.2) is 42.7 Å². The van der Waals surface area contributed by atoms with Crippen LogP contribution in [0.25, 0.3) is 0 Å². The molecule has 0 bridgehead atoms. The number of anilines is 1. The molecule has 0 aromatic carbocycles. The predicted octanol–water partition coefficient (Wildman–Crippen LogP) is 2.58. The molecule has 2 atom stereocenters. The molecule has 6 nitrogen and oxygen atoms in total. The van der Waals surface area contributed by atoms with E-state index in [9.17, 15) is 0 Å². The minimum absolute atomic E-state index is 0.0784. The van der Waals surface area contributed by atoms with Crippen LogP contribution < -0.4 is 5.32 Å². The van der Waals surface area contributed by atoms with Crippen molar-refractivity contribution >= 4 is 5.82 Å². The molecule has 4 rings (SSSR count). The Bertz CT molecular complexity index is 790. The fourth-order valence-corrected chi connectivity index (χ4v) is 4.08. The zero-order valence-electron chi connectivity index (χ0n) is 14.8. The molecule has 0 unspecified atom stereocenters. The second-order valence-electron chi connectivity index (χ2n) is 7.23. The molecular weight excluding hydrogens is 326 g/mol. The number of ether oxygens (including phenoxy) is 1. The zero-order valence-corrected chi connectivity index (χ0v) is 14.8. The highest BCUT2D eigenvalue weighted by molar-refractivity contribution is 5.39. The third-order valence-corrected chi connectivity index (χ3v) is 5.17. The number of hydrogen-bond acceptors (Lipinski definition) is 6. The summed E-state index contributed by atoms with van der Waals surface area (Å²) in [4.78, 5) is 11.0. The lowest BCUT2D eigenvalue weighted by Crippen LogP contribution is -2.47. The maximum absolute atomic E-state index is 9.00. The molecule has 1 spiro atoms. The smallest absolute Gasteiger partial charge is 0.142 e. The monoisotopic (exact) mass is 349 g/mol. The summed E-state index contributed by atoms with van der Waals surface area (Å²) >= 11 is 0. The van der Waals surface area contributed by atoms with Crippen molar-refractivity contribution in [2.24, 2.45) is 0 Å². The topological polar surface area (TPSA) is 74.1 Å². The molecule has 4 heterocycles. The molecule has 0 amide bonds. The van der Waals surface area contributed by atoms with Gasteiger partial charge in [0.15, 0.2) is 0 Å². The molecule has 0 radical (unpaired) electrons. The van der Waals surface area contributed by atoms with Gasteiger partial charge in [-0.3, -0.25) is 9.88 Å². The fraction of sp³-hybridized carbons (Fsp3) is 0.450. The molecule has 134 valence electrons. The van der Waals surface area contributed by atoms with Crippen LogP contribution in [0.2, 0.25) is 0 Å². The molecule has 26 heavy (non-hydrogen) atoms. The maximum atomic E-state index is 9.00. The van der Waals surface area contributed by atoms with E-state index < -0.39 is 0 Å². The first-order valence-electron chi connectivity index (χ1n) is 9.14. The van der Waals surface area contributed by atoms with Crippen molar-refractivity contribution in [1.29, 1.82) is 5.26 Å². The van der Waals surface area contributed by atoms with Crippen molar-refractivity contribution in [3.63, 3.8) is 0 Å². The summed E-state index contributed by atoms with van der Waals surface area (Å²) < 4.78 is 6.28. The Labute approximate surface area is 153 Å². The van der Waals surface area contributed by atoms with Crippen LogP contribution in [-0.2, 0) is 11.3 Å². The number of aromatic nitrogens is 2. The SMILES string of the molecule is N#Cc1cccc(N[C@@H]2CO[C@@]3(CCCN(Cc4cccnc4)C3)C2)n1. The highest BCUT2D eigenvalue weighted by Crippen LogP contribution is 2.36. The van der Waals surface area contributed by atoms with E-state index in [1.165, 1.54) is 5.56 Å². The van der Waals surface area contributed by atoms with Gasteiger partial charge in [-0.05, 0) is 43.1 Å². The van der Waals surface area contributed by atoms with Crippen molar-refractivity contribution in [2.75, 3.05) is 25.0 Å². The highest BCUT2D eigenvalue weighted by Gasteiger charge is 2.43. The molecule has 2 aliphatic heterocycles. The lowest BCUT2D eigenvalue weighted by atomic mass is 9.88. The molecule has 6 heteroatoms. The number of hydrogen-bond donors (Lipinski definition) is 1. The molecule has 0 saturated carbocycles. The molecular formula is C20H23N5O. The fourth-order valence-electron chi connectivity index (χ4n) is 4.08. The Morgan fingerprint density at radius 3 is 3.15 bits per heavy atom. The van der Waals surface area contributed by atoms with Gasteiger partial charge in [-0.15, -0.1) is 0 Å². The van der Waals surface area contributed by atoms with Gasteiger partial charge in [0.05, 0.1) is 18.2 Å². The summed E-state index contributed by atoms with van der Waals surface area (Å²) in [5.41, 5.74) is 1.60. The van der Waals surface area contributed by atoms with Crippen LogP contribution in [-0.4, -0.2) is 46.2 Å². The number of piperidine rings is 1. The van der Waals surface area contributed by atoms with Crippen LogP contribution in [0.4, 0.5) is 5.82 Å². The van der Waals surface area contributed by atoms with Gasteiger partial charge < -0.3 is 10.1 Å². The normalized spacial score (nSPS) is 25.9. The quantitative estimate of drug-likeness (QED) is 0.914. The van der Waals surface area contributed by atoms with Gasteiger partial charge >= 0.3 is 0 Å². The van der Waals surface area contributed by atoms with E-state index in [1.54, 1.807) is 6.07 Å². The number of nitriles is 1. The van der Waals surface area contributed by atoms with Gasteiger partial charge in [-0.25, -0.2) is 4.98 Å². The van der Waals surface area contributed by atoms with Crippen molar-refractivity contribution in [3.05, 3.63) is 54.0 Å². The van der Waals surface area contributed by atoms with Crippen LogP contribution in [0.3, 0.4) is 0 Å². The Morgan fingerprint density at radius 2 is 2.31 bits per heavy atom. The first-order chi connectivity index (χ1) is 12.7. The lowest BCUT2D eigenvalue weighted by molar-refractivity contribution is -0.0533. The Balaban J connectivity index is 1.37. The first-order valence-corrected chi connectivity index (χ1v) is 9.14. The van der Waals surface area contributed by atoms with Gasteiger partial charge in [0.1, 0.15) is 17.6 Å². The average molecular weight is 349 g/mol. The second kappa shape index (κ2) is 7.40. The van der Waals surface area contributed by atoms with Crippen LogP contribution in [0.5, 0.6) is 0 Å². The van der Waals surface area contributed by atoms with Crippen LogP contribution >= 0.6 is 0 Å². The van der Waals surface area contributed by atoms with E-state index >= 15 is 0 Å². The molecule has 2 fully saturated rings. The minimum atomic E-state index is -0.0784. The van der Waals surface area contributed by atoms with Gasteiger partial charge in [0, 0.05) is 31.9 Å². The van der Waals surface area contributed by atoms with Gasteiger partial charge in [-0.2, -0.15) is 5.26 Å². The molecule has 1 N–H and O–H groups in total. The van der Waals surface area contributed by atoms with Crippen molar-refractivity contribution in [2.45, 2.75) is 37.5 Å². The van der Waals surface area contributed by atoms with Crippen molar-refractivity contribution < 1.29 is 4.74 Å². The minimum Gasteiger partial charge on any atom is -0.371 e. The third-order valence-electron chi connectivity index (χ3n) is 5.17. The Hall–Kier alpha value is -2.49. The summed E-state index contributed by atoms with van der Waals surface area (Å²) in [6, 6.07) is 11.9. The van der Waals surface area contributed by atoms with Crippen molar-refractivity contribution in [1.82, 2.24) is 14.9 Å². The standard InChI is InChI=1S/C20H23N5O/c21-11-17-5-1-6-19(23-17)24-18-10-20(26-14-18)7-3-9-25(15-20)13-16-4-2-8-22-12-16/h1-2,4-6,8,12,18H,3,7,9-10,13-15H2,(H,23,24)/t18-,20-/m0/s1. The van der Waals surface area contributed by atoms with Crippen LogP contribution in [0, 0.1) is 11.3 Å². The summed E-state index contributed by atoms with van der Waals surface area (Å²) in [7, 11) is 0. The number of likely N-dealkylation sites (tertiary alicyclic amines) is 1. The molecule has 2 aromatic heterocycles. The van der Waals surface area contributed by atoms with E-state index in [0.717, 1.165) is 44.7 Å². The molecule has 2 aromatic rings. The van der Waals surface area contributed by atoms with E-state index in [1.807, 2.05) is 30.6 Å². The van der Waals surface area contributed by atoms with E-state index in [2.05, 4.69) is 32.3 Å². The maximum Gasteiger partial charge on any atom is 0.142 e. The second-order valence-corrected chi connectivity index (χ2v) is 7.23. The molecule has 2 aliphatic rings. The largest absolute Gasteiger partial charge is 0.371 e. The third kappa shape index (κ3) is 3.85. The zero-order chi connectivity index (χ0) is 17.8. The van der Waals surface area contributed by atoms with Gasteiger partial charge in [0.25, 0.3) is 0 Å². The van der Waals surface area contributed by atoms with E-state index in [4.69, 9.17) is 10.00 Å². The molecule has 0 aliphatic carbocycles. The van der Waals surface area contributed by atoms with E-state index in [0.29, 0.717) is 12.3 Å². The van der Waals surface area contributed by atoms with Gasteiger partial charge in [0.2, 0.25) is 0 Å². The number of nitrogens with one attached hydrogen (secondary N) is 1. The Morgan fingerprint density at radius 1 is 1.35 bits per heavy atom. The van der Waals surface area contributed by atoms with Gasteiger partial charge in [-0.1, -0.05) is 12.1 Å². The summed E-state index contributed by atoms with van der Waals surface area (Å²) in [5, 5.41) is 12.4. The predicted molar refractivity (Wildman–Crippen MR) is 98.4 cm³/mol. The highest BCUT2D eigenvalue weighted by atomic mass is 16.5. The molecule has 2 saturated heterocycles. The Kier molecular flexibility index (Phi) is 4.83. The summed E-state index contributed by atoms with van der Waals surface area (Å²) in [6.45, 7) is 3.65. The van der Waals surface area contributed by atoms with Crippen LogP contribution in [0.1, 0.15) is 30.5 Å². The average Bonchev–Trinajstić information content (AvgIpc) is 3.04. The van der Waals surface area contributed by atoms with E-state index in [-0.39, 0.29) is 11.6 Å². The first kappa shape index (κ1) is 17.0. The number of nitrogens with zero attached hydrogens (tertiary/aromatic N) is 4. The lowest BCUT2D eigenvalue weighted by Gasteiger charge is -2.39. The van der Waals surface area contributed by atoms with Crippen molar-refractivity contribution in [3.8, 4) is 6.07 Å².